The molecule has 3 heteroatoms. The smallest absolute Gasteiger partial charge is 0.129 e. The number of benzene rings is 1. The molecule has 3 nitrogen and oxygen atoms in total. The Morgan fingerprint density at radius 3 is 2.29 bits per heavy atom. The third kappa shape index (κ3) is 2.97. The van der Waals surface area contributed by atoms with Crippen LogP contribution in [-0.2, 0) is 7.05 Å². The van der Waals surface area contributed by atoms with Crippen molar-refractivity contribution in [2.45, 2.75) is 50.9 Å². The molecule has 21 heavy (non-hydrogen) atoms. The van der Waals surface area contributed by atoms with Gasteiger partial charge in [-0.1, -0.05) is 62.4 Å². The van der Waals surface area contributed by atoms with Crippen molar-refractivity contribution in [1.29, 1.82) is 0 Å². The second-order valence-corrected chi connectivity index (χ2v) is 6.18. The van der Waals surface area contributed by atoms with Gasteiger partial charge in [0.15, 0.2) is 0 Å². The molecule has 1 heterocycles. The maximum absolute atomic E-state index is 6.31. The molecule has 0 saturated heterocycles. The first-order chi connectivity index (χ1) is 10.3. The van der Waals surface area contributed by atoms with Crippen LogP contribution < -0.4 is 5.73 Å². The van der Waals surface area contributed by atoms with Gasteiger partial charge in [0.05, 0.1) is 5.69 Å². The Morgan fingerprint density at radius 2 is 1.62 bits per heavy atom. The van der Waals surface area contributed by atoms with Gasteiger partial charge in [0.25, 0.3) is 0 Å². The minimum atomic E-state index is 0.559. The Bertz CT molecular complexity index is 578. The molecule has 0 radical (unpaired) electrons. The van der Waals surface area contributed by atoms with E-state index >= 15 is 0 Å². The maximum atomic E-state index is 6.31. The first kappa shape index (κ1) is 14.2. The second kappa shape index (κ2) is 6.33. The van der Waals surface area contributed by atoms with E-state index in [0.29, 0.717) is 5.92 Å². The lowest BCUT2D eigenvalue weighted by Gasteiger charge is -2.19. The molecular weight excluding hydrogens is 258 g/mol. The largest absolute Gasteiger partial charge is 0.383 e. The number of nitrogens with zero attached hydrogens (tertiary/aromatic N) is 2. The standard InChI is InChI=1S/C18H25N3/c1-21-18(19)16(14-10-8-5-9-11-14)17(20-21)15-12-6-3-2-4-7-13-15/h5,8-11,15H,2-4,6-7,12-13,19H2,1H3. The molecule has 112 valence electrons. The van der Waals surface area contributed by atoms with Gasteiger partial charge in [0.1, 0.15) is 5.82 Å². The molecule has 0 bridgehead atoms. The molecule has 0 aliphatic heterocycles. The highest BCUT2D eigenvalue weighted by Crippen LogP contribution is 2.38. The summed E-state index contributed by atoms with van der Waals surface area (Å²) in [7, 11) is 1.95. The molecule has 1 aliphatic rings. The molecule has 0 amide bonds. The summed E-state index contributed by atoms with van der Waals surface area (Å²) in [5.74, 6) is 1.35. The molecular formula is C18H25N3. The fraction of sp³-hybridized carbons (Fsp3) is 0.500. The van der Waals surface area contributed by atoms with Crippen molar-refractivity contribution in [2.75, 3.05) is 5.73 Å². The summed E-state index contributed by atoms with van der Waals surface area (Å²) in [6, 6.07) is 10.5. The fourth-order valence-corrected chi connectivity index (χ4v) is 3.47. The third-order valence-electron chi connectivity index (χ3n) is 4.67. The van der Waals surface area contributed by atoms with Crippen molar-refractivity contribution in [3.05, 3.63) is 36.0 Å². The van der Waals surface area contributed by atoms with E-state index in [4.69, 9.17) is 10.8 Å². The van der Waals surface area contributed by atoms with Crippen LogP contribution >= 0.6 is 0 Å². The predicted octanol–water partition coefficient (Wildman–Crippen LogP) is 4.50. The van der Waals surface area contributed by atoms with Gasteiger partial charge in [-0.2, -0.15) is 5.10 Å². The van der Waals surface area contributed by atoms with Crippen molar-refractivity contribution in [3.8, 4) is 11.1 Å². The fourth-order valence-electron chi connectivity index (χ4n) is 3.47. The quantitative estimate of drug-likeness (QED) is 0.882. The highest BCUT2D eigenvalue weighted by molar-refractivity contribution is 5.77. The number of aryl methyl sites for hydroxylation is 1. The van der Waals surface area contributed by atoms with Crippen LogP contribution in [-0.4, -0.2) is 9.78 Å². The summed E-state index contributed by atoms with van der Waals surface area (Å²) >= 11 is 0. The summed E-state index contributed by atoms with van der Waals surface area (Å²) in [5.41, 5.74) is 9.87. The molecule has 0 atom stereocenters. The van der Waals surface area contributed by atoms with E-state index in [1.807, 2.05) is 17.8 Å². The minimum Gasteiger partial charge on any atom is -0.383 e. The predicted molar refractivity (Wildman–Crippen MR) is 88.1 cm³/mol. The molecule has 1 aromatic heterocycles. The number of nitrogen functional groups attached to an aromatic ring is 1. The van der Waals surface area contributed by atoms with Gasteiger partial charge in [-0.15, -0.1) is 0 Å². The molecule has 0 spiro atoms. The van der Waals surface area contributed by atoms with Crippen LogP contribution in [0.5, 0.6) is 0 Å². The Hall–Kier alpha value is -1.77. The van der Waals surface area contributed by atoms with Crippen LogP contribution in [0.2, 0.25) is 0 Å². The van der Waals surface area contributed by atoms with Gasteiger partial charge in [0.2, 0.25) is 0 Å². The van der Waals surface area contributed by atoms with Crippen LogP contribution in [0.15, 0.2) is 30.3 Å². The summed E-state index contributed by atoms with van der Waals surface area (Å²) in [5, 5.41) is 4.77. The maximum Gasteiger partial charge on any atom is 0.129 e. The number of anilines is 1. The third-order valence-corrected chi connectivity index (χ3v) is 4.67. The Balaban J connectivity index is 1.99. The SMILES string of the molecule is Cn1nc(C2CCCCCCC2)c(-c2ccccc2)c1N. The average molecular weight is 283 g/mol. The molecule has 1 fully saturated rings. The second-order valence-electron chi connectivity index (χ2n) is 6.18. The summed E-state index contributed by atoms with van der Waals surface area (Å²) in [6.45, 7) is 0. The van der Waals surface area contributed by atoms with E-state index < -0.39 is 0 Å². The topological polar surface area (TPSA) is 43.8 Å². The van der Waals surface area contributed by atoms with Crippen LogP contribution in [0.25, 0.3) is 11.1 Å². The molecule has 1 aromatic carbocycles. The highest BCUT2D eigenvalue weighted by atomic mass is 15.3. The zero-order valence-corrected chi connectivity index (χ0v) is 12.9. The molecule has 2 aromatic rings. The zero-order valence-electron chi connectivity index (χ0n) is 12.9. The number of hydrogen-bond donors (Lipinski definition) is 1. The Labute approximate surface area is 127 Å². The van der Waals surface area contributed by atoms with Gasteiger partial charge >= 0.3 is 0 Å². The normalized spacial score (nSPS) is 17.4. The lowest BCUT2D eigenvalue weighted by molar-refractivity contribution is 0.447. The van der Waals surface area contributed by atoms with E-state index in [9.17, 15) is 0 Å². The van der Waals surface area contributed by atoms with Gasteiger partial charge < -0.3 is 5.73 Å². The van der Waals surface area contributed by atoms with E-state index in [-0.39, 0.29) is 0 Å². The van der Waals surface area contributed by atoms with Crippen molar-refractivity contribution in [3.63, 3.8) is 0 Å². The lowest BCUT2D eigenvalue weighted by atomic mass is 9.86. The molecule has 1 aliphatic carbocycles. The lowest BCUT2D eigenvalue weighted by Crippen LogP contribution is -2.05. The Kier molecular flexibility index (Phi) is 4.28. The molecule has 3 rings (SSSR count). The van der Waals surface area contributed by atoms with Crippen LogP contribution in [0.1, 0.15) is 56.6 Å². The van der Waals surface area contributed by atoms with Crippen LogP contribution in [0.3, 0.4) is 0 Å². The van der Waals surface area contributed by atoms with E-state index in [1.54, 1.807) is 0 Å². The number of hydrogen-bond acceptors (Lipinski definition) is 2. The van der Waals surface area contributed by atoms with Gasteiger partial charge in [0, 0.05) is 18.5 Å². The van der Waals surface area contributed by atoms with E-state index in [1.165, 1.54) is 56.2 Å². The average Bonchev–Trinajstić information content (AvgIpc) is 2.75. The van der Waals surface area contributed by atoms with Crippen molar-refractivity contribution >= 4 is 5.82 Å². The molecule has 2 N–H and O–H groups in total. The summed E-state index contributed by atoms with van der Waals surface area (Å²) < 4.78 is 1.84. The summed E-state index contributed by atoms with van der Waals surface area (Å²) in [6.07, 6.45) is 9.24. The van der Waals surface area contributed by atoms with Crippen molar-refractivity contribution in [2.24, 2.45) is 7.05 Å². The highest BCUT2D eigenvalue weighted by Gasteiger charge is 2.23. The van der Waals surface area contributed by atoms with E-state index in [0.717, 1.165) is 11.4 Å². The van der Waals surface area contributed by atoms with Gasteiger partial charge in [-0.05, 0) is 18.4 Å². The van der Waals surface area contributed by atoms with Crippen LogP contribution in [0, 0.1) is 0 Å². The van der Waals surface area contributed by atoms with Crippen molar-refractivity contribution in [1.82, 2.24) is 9.78 Å². The zero-order chi connectivity index (χ0) is 14.7. The number of nitrogens with two attached hydrogens (primary N) is 1. The minimum absolute atomic E-state index is 0.559. The number of aromatic nitrogens is 2. The van der Waals surface area contributed by atoms with Gasteiger partial charge in [-0.25, -0.2) is 0 Å². The van der Waals surface area contributed by atoms with Crippen LogP contribution in [0.4, 0.5) is 5.82 Å². The first-order valence-electron chi connectivity index (χ1n) is 8.15. The van der Waals surface area contributed by atoms with Gasteiger partial charge in [-0.3, -0.25) is 4.68 Å². The van der Waals surface area contributed by atoms with Crippen molar-refractivity contribution < 1.29 is 0 Å². The monoisotopic (exact) mass is 283 g/mol. The molecule has 0 unspecified atom stereocenters. The summed E-state index contributed by atoms with van der Waals surface area (Å²) in [4.78, 5) is 0. The first-order valence-corrected chi connectivity index (χ1v) is 8.15. The number of rotatable bonds is 2. The molecule has 1 saturated carbocycles. The Morgan fingerprint density at radius 1 is 1.00 bits per heavy atom. The van der Waals surface area contributed by atoms with E-state index in [2.05, 4.69) is 24.3 Å².